The topological polar surface area (TPSA) is 73.9 Å². The van der Waals surface area contributed by atoms with Crippen molar-refractivity contribution in [1.29, 1.82) is 0 Å². The molecule has 0 aliphatic rings. The van der Waals surface area contributed by atoms with Gasteiger partial charge in [-0.2, -0.15) is 0 Å². The van der Waals surface area contributed by atoms with Gasteiger partial charge < -0.3 is 19.5 Å². The number of amides is 1. The predicted octanol–water partition coefficient (Wildman–Crippen LogP) is 2.66. The second-order valence-corrected chi connectivity index (χ2v) is 6.32. The Bertz CT molecular complexity index is 546. The lowest BCUT2D eigenvalue weighted by molar-refractivity contribution is -0.148. The molecule has 6 heteroatoms. The van der Waals surface area contributed by atoms with Crippen molar-refractivity contribution in [2.24, 2.45) is 11.8 Å². The molecule has 0 aliphatic carbocycles. The summed E-state index contributed by atoms with van der Waals surface area (Å²) in [6, 6.07) is 4.14. The smallest absolute Gasteiger partial charge is 0.328 e. The predicted molar refractivity (Wildman–Crippen MR) is 91.4 cm³/mol. The van der Waals surface area contributed by atoms with Crippen LogP contribution in [0, 0.1) is 11.8 Å². The summed E-state index contributed by atoms with van der Waals surface area (Å²) in [7, 11) is 3.02. The zero-order chi connectivity index (χ0) is 18.3. The van der Waals surface area contributed by atoms with Gasteiger partial charge in [-0.15, -0.1) is 0 Å². The number of nitrogens with one attached hydrogen (secondary N) is 1. The summed E-state index contributed by atoms with van der Waals surface area (Å²) < 4.78 is 15.6. The lowest BCUT2D eigenvalue weighted by atomic mass is 10.0. The molecule has 0 aliphatic heterocycles. The number of carbonyl (C=O) groups excluding carboxylic acids is 2. The highest BCUT2D eigenvalue weighted by Crippen LogP contribution is 2.22. The number of methoxy groups -OCH3 is 2. The minimum Gasteiger partial charge on any atom is -0.497 e. The van der Waals surface area contributed by atoms with Crippen molar-refractivity contribution in [3.05, 3.63) is 23.8 Å². The molecule has 0 fully saturated rings. The lowest BCUT2D eigenvalue weighted by Crippen LogP contribution is -2.45. The van der Waals surface area contributed by atoms with Gasteiger partial charge in [0.2, 0.25) is 0 Å². The molecule has 0 spiro atoms. The highest BCUT2D eigenvalue weighted by Gasteiger charge is 2.26. The number of esters is 1. The van der Waals surface area contributed by atoms with Gasteiger partial charge in [-0.3, -0.25) is 4.79 Å². The van der Waals surface area contributed by atoms with Crippen molar-refractivity contribution in [2.75, 3.05) is 20.8 Å². The quantitative estimate of drug-likeness (QED) is 0.738. The van der Waals surface area contributed by atoms with Crippen molar-refractivity contribution < 1.29 is 23.8 Å². The summed E-state index contributed by atoms with van der Waals surface area (Å²) >= 11 is 0. The third-order valence-corrected chi connectivity index (χ3v) is 3.38. The first kappa shape index (κ1) is 19.8. The SMILES string of the molecule is COc1cc(OC)cc(C(=O)NC(C(=O)OCC(C)C)C(C)C)c1. The van der Waals surface area contributed by atoms with E-state index in [4.69, 9.17) is 14.2 Å². The van der Waals surface area contributed by atoms with Gasteiger partial charge in [0.15, 0.2) is 0 Å². The van der Waals surface area contributed by atoms with Gasteiger partial charge in [0.25, 0.3) is 5.91 Å². The maximum Gasteiger partial charge on any atom is 0.328 e. The molecule has 0 radical (unpaired) electrons. The Morgan fingerprint density at radius 3 is 1.96 bits per heavy atom. The maximum absolute atomic E-state index is 12.5. The highest BCUT2D eigenvalue weighted by atomic mass is 16.5. The zero-order valence-electron chi connectivity index (χ0n) is 15.2. The van der Waals surface area contributed by atoms with Crippen LogP contribution in [0.15, 0.2) is 18.2 Å². The Kier molecular flexibility index (Phi) is 7.55. The molecule has 1 rings (SSSR count). The number of ether oxygens (including phenoxy) is 3. The van der Waals surface area contributed by atoms with Gasteiger partial charge in [-0.1, -0.05) is 27.7 Å². The van der Waals surface area contributed by atoms with Gasteiger partial charge in [-0.05, 0) is 24.0 Å². The average Bonchev–Trinajstić information content (AvgIpc) is 2.56. The Morgan fingerprint density at radius 1 is 1.00 bits per heavy atom. The summed E-state index contributed by atoms with van der Waals surface area (Å²) in [4.78, 5) is 24.7. The van der Waals surface area contributed by atoms with Gasteiger partial charge >= 0.3 is 5.97 Å². The van der Waals surface area contributed by atoms with E-state index in [2.05, 4.69) is 5.32 Å². The minimum atomic E-state index is -0.714. The van der Waals surface area contributed by atoms with Crippen molar-refractivity contribution in [3.63, 3.8) is 0 Å². The molecule has 24 heavy (non-hydrogen) atoms. The van der Waals surface area contributed by atoms with Crippen LogP contribution in [0.1, 0.15) is 38.1 Å². The van der Waals surface area contributed by atoms with Gasteiger partial charge in [0, 0.05) is 11.6 Å². The van der Waals surface area contributed by atoms with E-state index < -0.39 is 12.0 Å². The van der Waals surface area contributed by atoms with E-state index in [0.29, 0.717) is 23.7 Å². The summed E-state index contributed by atoms with van der Waals surface area (Å²) in [5.41, 5.74) is 0.355. The molecule has 1 aromatic carbocycles. The van der Waals surface area contributed by atoms with Crippen LogP contribution in [0.25, 0.3) is 0 Å². The monoisotopic (exact) mass is 337 g/mol. The van der Waals surface area contributed by atoms with Crippen LogP contribution in [-0.4, -0.2) is 38.7 Å². The van der Waals surface area contributed by atoms with E-state index in [1.807, 2.05) is 27.7 Å². The Balaban J connectivity index is 2.91. The summed E-state index contributed by atoms with van der Waals surface area (Å²) in [6.07, 6.45) is 0. The second kappa shape index (κ2) is 9.15. The number of hydrogen-bond donors (Lipinski definition) is 1. The first-order chi connectivity index (χ1) is 11.3. The molecule has 0 saturated carbocycles. The second-order valence-electron chi connectivity index (χ2n) is 6.32. The fraction of sp³-hybridized carbons (Fsp3) is 0.556. The molecular formula is C18H27NO5. The normalized spacial score (nSPS) is 12.0. The number of carbonyl (C=O) groups is 2. The summed E-state index contributed by atoms with van der Waals surface area (Å²) in [5.74, 6) is 0.335. The summed E-state index contributed by atoms with van der Waals surface area (Å²) in [6.45, 7) is 7.95. The molecule has 6 nitrogen and oxygen atoms in total. The van der Waals surface area contributed by atoms with Crippen LogP contribution in [0.4, 0.5) is 0 Å². The summed E-state index contributed by atoms with van der Waals surface area (Å²) in [5, 5.41) is 2.73. The van der Waals surface area contributed by atoms with Gasteiger partial charge in [-0.25, -0.2) is 4.79 Å². The van der Waals surface area contributed by atoms with Gasteiger partial charge in [0.05, 0.1) is 20.8 Å². The molecule has 1 N–H and O–H groups in total. The third kappa shape index (κ3) is 5.76. The fourth-order valence-corrected chi connectivity index (χ4v) is 2.00. The Hall–Kier alpha value is -2.24. The van der Waals surface area contributed by atoms with E-state index in [9.17, 15) is 9.59 Å². The molecule has 1 atom stereocenters. The van der Waals surface area contributed by atoms with Crippen LogP contribution >= 0.6 is 0 Å². The molecule has 0 heterocycles. The minimum absolute atomic E-state index is 0.0962. The average molecular weight is 337 g/mol. The van der Waals surface area contributed by atoms with Crippen LogP contribution < -0.4 is 14.8 Å². The van der Waals surface area contributed by atoms with Crippen LogP contribution in [-0.2, 0) is 9.53 Å². The van der Waals surface area contributed by atoms with E-state index in [-0.39, 0.29) is 17.7 Å². The molecule has 0 aromatic heterocycles. The van der Waals surface area contributed by atoms with Crippen molar-refractivity contribution in [3.8, 4) is 11.5 Å². The molecular weight excluding hydrogens is 310 g/mol. The zero-order valence-corrected chi connectivity index (χ0v) is 15.2. The fourth-order valence-electron chi connectivity index (χ4n) is 2.00. The highest BCUT2D eigenvalue weighted by molar-refractivity contribution is 5.97. The molecule has 0 bridgehead atoms. The van der Waals surface area contributed by atoms with Crippen LogP contribution in [0.5, 0.6) is 11.5 Å². The van der Waals surface area contributed by atoms with Gasteiger partial charge in [0.1, 0.15) is 17.5 Å². The maximum atomic E-state index is 12.5. The Morgan fingerprint density at radius 2 is 1.54 bits per heavy atom. The lowest BCUT2D eigenvalue weighted by Gasteiger charge is -2.21. The van der Waals surface area contributed by atoms with E-state index >= 15 is 0 Å². The number of rotatable bonds is 8. The Labute approximate surface area is 143 Å². The van der Waals surface area contributed by atoms with Crippen LogP contribution in [0.3, 0.4) is 0 Å². The van der Waals surface area contributed by atoms with Crippen molar-refractivity contribution >= 4 is 11.9 Å². The first-order valence-corrected chi connectivity index (χ1v) is 7.99. The van der Waals surface area contributed by atoms with Crippen molar-refractivity contribution in [1.82, 2.24) is 5.32 Å². The number of benzene rings is 1. The third-order valence-electron chi connectivity index (χ3n) is 3.38. The molecule has 0 saturated heterocycles. The van der Waals surface area contributed by atoms with E-state index in [0.717, 1.165) is 0 Å². The van der Waals surface area contributed by atoms with Crippen LogP contribution in [0.2, 0.25) is 0 Å². The molecule has 1 amide bonds. The molecule has 134 valence electrons. The standard InChI is InChI=1S/C18H27NO5/c1-11(2)10-24-18(21)16(12(3)4)19-17(20)13-7-14(22-5)9-15(8-13)23-6/h7-9,11-12,16H,10H2,1-6H3,(H,19,20). The largest absolute Gasteiger partial charge is 0.497 e. The van der Waals surface area contributed by atoms with Crippen molar-refractivity contribution in [2.45, 2.75) is 33.7 Å². The van der Waals surface area contributed by atoms with E-state index in [1.165, 1.54) is 14.2 Å². The molecule has 1 aromatic rings. The molecule has 1 unspecified atom stereocenters. The first-order valence-electron chi connectivity index (χ1n) is 7.99. The number of hydrogen-bond acceptors (Lipinski definition) is 5. The van der Waals surface area contributed by atoms with E-state index in [1.54, 1.807) is 18.2 Å².